The molecule has 1 saturated heterocycles. The molecule has 1 aliphatic rings. The van der Waals surface area contributed by atoms with Gasteiger partial charge in [0.15, 0.2) is 0 Å². The number of hydroxylamine groups is 2. The first-order valence-electron chi connectivity index (χ1n) is 6.74. The van der Waals surface area contributed by atoms with Gasteiger partial charge in [0.1, 0.15) is 0 Å². The van der Waals surface area contributed by atoms with E-state index in [0.29, 0.717) is 25.7 Å². The van der Waals surface area contributed by atoms with Crippen molar-refractivity contribution in [2.24, 2.45) is 0 Å². The fourth-order valence-corrected chi connectivity index (χ4v) is 3.06. The van der Waals surface area contributed by atoms with Crippen LogP contribution < -0.4 is 5.32 Å². The number of hydrogen-bond acceptors (Lipinski definition) is 3. The van der Waals surface area contributed by atoms with Crippen LogP contribution in [-0.2, 0) is 0 Å². The molecule has 0 aromatic rings. The van der Waals surface area contributed by atoms with Crippen LogP contribution in [0.15, 0.2) is 50.6 Å². The summed E-state index contributed by atoms with van der Waals surface area (Å²) in [6.45, 7) is 16.7. The molecule has 0 spiro atoms. The van der Waals surface area contributed by atoms with Gasteiger partial charge in [-0.05, 0) is 25.7 Å². The lowest BCUT2D eigenvalue weighted by Crippen LogP contribution is -2.70. The standard InChI is InChI=1S/C16H26N2O/c1-5-9-15(10-6-2)13-17-14-16(11-7-3,12-8-4)18(15)19/h5-8,17,19H,1-4,9-14H2. The highest BCUT2D eigenvalue weighted by molar-refractivity contribution is 5.11. The van der Waals surface area contributed by atoms with Crippen molar-refractivity contribution in [1.29, 1.82) is 0 Å². The molecule has 0 unspecified atom stereocenters. The van der Waals surface area contributed by atoms with Crippen LogP contribution in [0.1, 0.15) is 25.7 Å². The molecule has 0 saturated carbocycles. The minimum absolute atomic E-state index is 0.381. The third-order valence-corrected chi connectivity index (χ3v) is 3.90. The van der Waals surface area contributed by atoms with Gasteiger partial charge in [0.25, 0.3) is 0 Å². The van der Waals surface area contributed by atoms with E-state index in [2.05, 4.69) is 31.6 Å². The Bertz CT molecular complexity index is 297. The van der Waals surface area contributed by atoms with Gasteiger partial charge in [-0.15, -0.1) is 26.3 Å². The number of piperazine rings is 1. The highest BCUT2D eigenvalue weighted by Gasteiger charge is 2.49. The zero-order chi connectivity index (χ0) is 14.4. The van der Waals surface area contributed by atoms with Crippen LogP contribution in [-0.4, -0.2) is 34.4 Å². The molecule has 0 radical (unpaired) electrons. The highest BCUT2D eigenvalue weighted by atomic mass is 16.5. The molecule has 0 atom stereocenters. The third-order valence-electron chi connectivity index (χ3n) is 3.90. The summed E-state index contributed by atoms with van der Waals surface area (Å²) >= 11 is 0. The van der Waals surface area contributed by atoms with Crippen LogP contribution in [0.2, 0.25) is 0 Å². The van der Waals surface area contributed by atoms with Gasteiger partial charge in [-0.2, -0.15) is 5.06 Å². The van der Waals surface area contributed by atoms with Crippen molar-refractivity contribution >= 4 is 0 Å². The van der Waals surface area contributed by atoms with E-state index in [9.17, 15) is 5.21 Å². The van der Waals surface area contributed by atoms with Crippen LogP contribution in [0.4, 0.5) is 0 Å². The van der Waals surface area contributed by atoms with Gasteiger partial charge in [0.2, 0.25) is 0 Å². The molecule has 3 nitrogen and oxygen atoms in total. The molecule has 2 N–H and O–H groups in total. The first-order chi connectivity index (χ1) is 9.10. The third kappa shape index (κ3) is 3.06. The molecule has 0 aromatic heterocycles. The van der Waals surface area contributed by atoms with Gasteiger partial charge in [0, 0.05) is 13.1 Å². The summed E-state index contributed by atoms with van der Waals surface area (Å²) in [5.74, 6) is 0. The van der Waals surface area contributed by atoms with Crippen LogP contribution in [0.3, 0.4) is 0 Å². The Balaban J connectivity index is 3.13. The zero-order valence-corrected chi connectivity index (χ0v) is 11.8. The Morgan fingerprint density at radius 3 is 1.42 bits per heavy atom. The fourth-order valence-electron chi connectivity index (χ4n) is 3.06. The van der Waals surface area contributed by atoms with E-state index in [-0.39, 0.29) is 11.1 Å². The molecule has 106 valence electrons. The van der Waals surface area contributed by atoms with Gasteiger partial charge in [0.05, 0.1) is 11.1 Å². The predicted octanol–water partition coefficient (Wildman–Crippen LogP) is 3.06. The Kier molecular flexibility index (Phi) is 5.73. The van der Waals surface area contributed by atoms with E-state index >= 15 is 0 Å². The molecular weight excluding hydrogens is 236 g/mol. The molecule has 0 aromatic carbocycles. The van der Waals surface area contributed by atoms with Gasteiger partial charge < -0.3 is 10.5 Å². The quantitative estimate of drug-likeness (QED) is 0.660. The molecule has 19 heavy (non-hydrogen) atoms. The Labute approximate surface area is 117 Å². The first kappa shape index (κ1) is 15.9. The summed E-state index contributed by atoms with van der Waals surface area (Å²) in [4.78, 5) is 0. The SMILES string of the molecule is C=CCC1(CC=C)CNCC(CC=C)(CC=C)N1O. The van der Waals surface area contributed by atoms with Gasteiger partial charge in [-0.25, -0.2) is 0 Å². The minimum Gasteiger partial charge on any atom is -0.313 e. The van der Waals surface area contributed by atoms with Crippen molar-refractivity contribution < 1.29 is 5.21 Å². The average molecular weight is 262 g/mol. The summed E-state index contributed by atoms with van der Waals surface area (Å²) in [7, 11) is 0. The van der Waals surface area contributed by atoms with E-state index < -0.39 is 0 Å². The molecule has 1 aliphatic heterocycles. The van der Waals surface area contributed by atoms with Gasteiger partial charge >= 0.3 is 0 Å². The van der Waals surface area contributed by atoms with Crippen molar-refractivity contribution in [2.75, 3.05) is 13.1 Å². The van der Waals surface area contributed by atoms with Crippen LogP contribution in [0.25, 0.3) is 0 Å². The number of nitrogens with one attached hydrogen (secondary N) is 1. The smallest absolute Gasteiger partial charge is 0.0659 e. The summed E-state index contributed by atoms with van der Waals surface area (Å²) in [5.41, 5.74) is -0.762. The van der Waals surface area contributed by atoms with Gasteiger partial charge in [-0.3, -0.25) is 0 Å². The summed E-state index contributed by atoms with van der Waals surface area (Å²) < 4.78 is 0. The second-order valence-corrected chi connectivity index (χ2v) is 5.34. The van der Waals surface area contributed by atoms with Crippen molar-refractivity contribution in [3.8, 4) is 0 Å². The average Bonchev–Trinajstić information content (AvgIpc) is 2.37. The molecule has 1 fully saturated rings. The number of nitrogens with zero attached hydrogens (tertiary/aromatic N) is 1. The Hall–Kier alpha value is -1.16. The molecule has 1 heterocycles. The lowest BCUT2D eigenvalue weighted by molar-refractivity contribution is -0.252. The van der Waals surface area contributed by atoms with E-state index in [1.54, 1.807) is 0 Å². The first-order valence-corrected chi connectivity index (χ1v) is 6.74. The van der Waals surface area contributed by atoms with E-state index in [1.165, 1.54) is 5.06 Å². The lowest BCUT2D eigenvalue weighted by Gasteiger charge is -2.54. The minimum atomic E-state index is -0.381. The summed E-state index contributed by atoms with van der Waals surface area (Å²) in [5, 5.41) is 15.8. The lowest BCUT2D eigenvalue weighted by atomic mass is 9.79. The normalized spacial score (nSPS) is 21.5. The Morgan fingerprint density at radius 1 is 0.842 bits per heavy atom. The van der Waals surface area contributed by atoms with E-state index in [4.69, 9.17) is 0 Å². The zero-order valence-electron chi connectivity index (χ0n) is 11.8. The maximum absolute atomic E-state index is 10.9. The predicted molar refractivity (Wildman–Crippen MR) is 81.2 cm³/mol. The van der Waals surface area contributed by atoms with Crippen LogP contribution in [0, 0.1) is 0 Å². The van der Waals surface area contributed by atoms with Crippen molar-refractivity contribution in [2.45, 2.75) is 36.8 Å². The second kappa shape index (κ2) is 6.85. The summed E-state index contributed by atoms with van der Waals surface area (Å²) in [6, 6.07) is 0. The maximum Gasteiger partial charge on any atom is 0.0659 e. The van der Waals surface area contributed by atoms with E-state index in [0.717, 1.165) is 13.1 Å². The van der Waals surface area contributed by atoms with Crippen molar-refractivity contribution in [3.63, 3.8) is 0 Å². The molecule has 0 bridgehead atoms. The molecule has 0 amide bonds. The number of rotatable bonds is 8. The summed E-state index contributed by atoms with van der Waals surface area (Å²) in [6.07, 6.45) is 10.2. The van der Waals surface area contributed by atoms with Gasteiger partial charge in [-0.1, -0.05) is 24.3 Å². The second-order valence-electron chi connectivity index (χ2n) is 5.34. The topological polar surface area (TPSA) is 35.5 Å². The molecular formula is C16H26N2O. The fraction of sp³-hybridized carbons (Fsp3) is 0.500. The monoisotopic (exact) mass is 262 g/mol. The molecule has 0 aliphatic carbocycles. The maximum atomic E-state index is 10.9. The molecule has 1 rings (SSSR count). The number of hydrogen-bond donors (Lipinski definition) is 2. The van der Waals surface area contributed by atoms with Crippen LogP contribution in [0.5, 0.6) is 0 Å². The van der Waals surface area contributed by atoms with Crippen molar-refractivity contribution in [1.82, 2.24) is 10.4 Å². The largest absolute Gasteiger partial charge is 0.313 e. The molecule has 3 heteroatoms. The highest BCUT2D eigenvalue weighted by Crippen LogP contribution is 2.37. The van der Waals surface area contributed by atoms with Crippen molar-refractivity contribution in [3.05, 3.63) is 50.6 Å². The van der Waals surface area contributed by atoms with Crippen LogP contribution >= 0.6 is 0 Å². The van der Waals surface area contributed by atoms with E-state index in [1.807, 2.05) is 24.3 Å². The Morgan fingerprint density at radius 2 is 1.16 bits per heavy atom.